The fraction of sp³-hybridized carbons (Fsp3) is 0.929. The minimum atomic E-state index is -0.544. The van der Waals surface area contributed by atoms with Crippen molar-refractivity contribution >= 4 is 6.09 Å². The second-order valence-electron chi connectivity index (χ2n) is 6.37. The van der Waals surface area contributed by atoms with Gasteiger partial charge in [0.15, 0.2) is 0 Å². The highest BCUT2D eigenvalue weighted by molar-refractivity contribution is 5.68. The van der Waals surface area contributed by atoms with Crippen LogP contribution in [0.2, 0.25) is 0 Å². The fourth-order valence-corrected chi connectivity index (χ4v) is 2.09. The highest BCUT2D eigenvalue weighted by Gasteiger charge is 2.24. The first kappa shape index (κ1) is 15.3. The van der Waals surface area contributed by atoms with Crippen molar-refractivity contribution in [3.05, 3.63) is 0 Å². The van der Waals surface area contributed by atoms with Gasteiger partial charge in [0.1, 0.15) is 5.60 Å². The molecule has 2 N–H and O–H groups in total. The fourth-order valence-electron chi connectivity index (χ4n) is 2.09. The quantitative estimate of drug-likeness (QED) is 0.796. The summed E-state index contributed by atoms with van der Waals surface area (Å²) in [7, 11) is 0. The number of aliphatic hydroxyl groups is 1. The summed E-state index contributed by atoms with van der Waals surface area (Å²) < 4.78 is 5.20. The van der Waals surface area contributed by atoms with E-state index < -0.39 is 17.8 Å². The van der Waals surface area contributed by atoms with E-state index in [1.54, 1.807) is 6.92 Å². The molecule has 1 aliphatic rings. The predicted octanol–water partition coefficient (Wildman–Crippen LogP) is 2.84. The van der Waals surface area contributed by atoms with Gasteiger partial charge in [-0.15, -0.1) is 0 Å². The van der Waals surface area contributed by atoms with Crippen molar-refractivity contribution in [2.45, 2.75) is 77.5 Å². The zero-order chi connectivity index (χ0) is 13.8. The largest absolute Gasteiger partial charge is 0.444 e. The third kappa shape index (κ3) is 5.71. The molecule has 1 aliphatic carbocycles. The molecule has 0 bridgehead atoms. The monoisotopic (exact) mass is 257 g/mol. The van der Waals surface area contributed by atoms with Crippen LogP contribution < -0.4 is 5.32 Å². The van der Waals surface area contributed by atoms with Crippen LogP contribution in [-0.4, -0.2) is 28.9 Å². The molecule has 1 rings (SSSR count). The maximum Gasteiger partial charge on any atom is 0.407 e. The average molecular weight is 257 g/mol. The molecule has 1 fully saturated rings. The highest BCUT2D eigenvalue weighted by atomic mass is 16.6. The summed E-state index contributed by atoms with van der Waals surface area (Å²) in [5.74, 6) is 0.784. The zero-order valence-electron chi connectivity index (χ0n) is 12.0. The van der Waals surface area contributed by atoms with E-state index in [-0.39, 0.29) is 6.04 Å². The summed E-state index contributed by atoms with van der Waals surface area (Å²) in [6, 6.07) is -0.208. The van der Waals surface area contributed by atoms with Gasteiger partial charge in [0.2, 0.25) is 0 Å². The molecule has 106 valence electrons. The van der Waals surface area contributed by atoms with Crippen LogP contribution in [0.1, 0.15) is 59.8 Å². The molecule has 0 saturated heterocycles. The molecule has 0 aliphatic heterocycles. The molecule has 0 radical (unpaired) electrons. The van der Waals surface area contributed by atoms with Crippen LogP contribution in [-0.2, 0) is 4.74 Å². The third-order valence-electron chi connectivity index (χ3n) is 3.40. The standard InChI is InChI=1S/C14H27NO3/c1-10(16)12(9-8-11-6-5-7-11)15-13(17)18-14(2,3)4/h10-12,16H,5-9H2,1-4H3,(H,15,17). The lowest BCUT2D eigenvalue weighted by atomic mass is 9.81. The number of rotatable bonds is 5. The minimum Gasteiger partial charge on any atom is -0.444 e. The van der Waals surface area contributed by atoms with Crippen LogP contribution in [0, 0.1) is 5.92 Å². The molecule has 0 spiro atoms. The third-order valence-corrected chi connectivity index (χ3v) is 3.40. The van der Waals surface area contributed by atoms with Gasteiger partial charge in [-0.3, -0.25) is 0 Å². The van der Waals surface area contributed by atoms with Crippen molar-refractivity contribution in [1.82, 2.24) is 5.32 Å². The van der Waals surface area contributed by atoms with Gasteiger partial charge in [0, 0.05) is 0 Å². The molecule has 0 aromatic rings. The molecular formula is C14H27NO3. The Morgan fingerprint density at radius 2 is 2.06 bits per heavy atom. The number of carbonyl (C=O) groups is 1. The number of aliphatic hydroxyl groups excluding tert-OH is 1. The van der Waals surface area contributed by atoms with Gasteiger partial charge < -0.3 is 15.2 Å². The van der Waals surface area contributed by atoms with Crippen LogP contribution in [0.15, 0.2) is 0 Å². The average Bonchev–Trinajstić information content (AvgIpc) is 2.10. The summed E-state index contributed by atoms with van der Waals surface area (Å²) in [5, 5.41) is 12.5. The summed E-state index contributed by atoms with van der Waals surface area (Å²) in [6.07, 6.45) is 4.81. The first-order valence-electron chi connectivity index (χ1n) is 6.95. The van der Waals surface area contributed by atoms with E-state index >= 15 is 0 Å². The van der Waals surface area contributed by atoms with Gasteiger partial charge in [-0.2, -0.15) is 0 Å². The highest BCUT2D eigenvalue weighted by Crippen LogP contribution is 2.31. The molecule has 2 unspecified atom stereocenters. The van der Waals surface area contributed by atoms with E-state index in [0.29, 0.717) is 0 Å². The second-order valence-corrected chi connectivity index (χ2v) is 6.37. The van der Waals surface area contributed by atoms with Crippen molar-refractivity contribution in [2.75, 3.05) is 0 Å². The van der Waals surface area contributed by atoms with Gasteiger partial charge in [0.05, 0.1) is 12.1 Å². The van der Waals surface area contributed by atoms with Crippen LogP contribution in [0.25, 0.3) is 0 Å². The smallest absolute Gasteiger partial charge is 0.407 e. The van der Waals surface area contributed by atoms with Gasteiger partial charge in [-0.1, -0.05) is 19.3 Å². The van der Waals surface area contributed by atoms with Gasteiger partial charge in [0.25, 0.3) is 0 Å². The maximum absolute atomic E-state index is 11.7. The Labute approximate surface area is 110 Å². The summed E-state index contributed by atoms with van der Waals surface area (Å²) >= 11 is 0. The number of alkyl carbamates (subject to hydrolysis) is 1. The van der Waals surface area contributed by atoms with Crippen molar-refractivity contribution < 1.29 is 14.6 Å². The first-order chi connectivity index (χ1) is 8.28. The SMILES string of the molecule is CC(O)C(CCC1CCC1)NC(=O)OC(C)(C)C. The molecule has 0 aromatic carbocycles. The van der Waals surface area contributed by atoms with E-state index in [0.717, 1.165) is 18.8 Å². The summed E-state index contributed by atoms with van der Waals surface area (Å²) in [6.45, 7) is 7.21. The Morgan fingerprint density at radius 3 is 2.44 bits per heavy atom. The topological polar surface area (TPSA) is 58.6 Å². The number of hydrogen-bond donors (Lipinski definition) is 2. The first-order valence-corrected chi connectivity index (χ1v) is 6.95. The molecule has 0 heterocycles. The zero-order valence-corrected chi connectivity index (χ0v) is 12.0. The number of hydrogen-bond acceptors (Lipinski definition) is 3. The van der Waals surface area contributed by atoms with Crippen LogP contribution in [0.5, 0.6) is 0 Å². The predicted molar refractivity (Wildman–Crippen MR) is 71.4 cm³/mol. The summed E-state index contributed by atoms with van der Waals surface area (Å²) in [4.78, 5) is 11.7. The van der Waals surface area contributed by atoms with Crippen LogP contribution in [0.3, 0.4) is 0 Å². The Morgan fingerprint density at radius 1 is 1.44 bits per heavy atom. The number of amides is 1. The molecule has 0 aromatic heterocycles. The van der Waals surface area contributed by atoms with Crippen molar-refractivity contribution in [2.24, 2.45) is 5.92 Å². The molecule has 4 nitrogen and oxygen atoms in total. The lowest BCUT2D eigenvalue weighted by Crippen LogP contribution is -2.44. The maximum atomic E-state index is 11.7. The van der Waals surface area contributed by atoms with Gasteiger partial charge in [-0.25, -0.2) is 4.79 Å². The van der Waals surface area contributed by atoms with Gasteiger partial charge >= 0.3 is 6.09 Å². The minimum absolute atomic E-state index is 0.208. The van der Waals surface area contributed by atoms with Crippen molar-refractivity contribution in [3.8, 4) is 0 Å². The molecule has 4 heteroatoms. The van der Waals surface area contributed by atoms with E-state index in [1.165, 1.54) is 19.3 Å². The van der Waals surface area contributed by atoms with E-state index in [1.807, 2.05) is 20.8 Å². The Balaban J connectivity index is 2.34. The second kappa shape index (κ2) is 6.41. The normalized spacial score (nSPS) is 19.8. The number of nitrogens with one attached hydrogen (secondary N) is 1. The lowest BCUT2D eigenvalue weighted by Gasteiger charge is -2.29. The van der Waals surface area contributed by atoms with Crippen molar-refractivity contribution in [3.63, 3.8) is 0 Å². The molecule has 18 heavy (non-hydrogen) atoms. The van der Waals surface area contributed by atoms with Crippen LogP contribution >= 0.6 is 0 Å². The molecule has 1 saturated carbocycles. The Bertz CT molecular complexity index is 267. The molecule has 2 atom stereocenters. The number of carbonyl (C=O) groups excluding carboxylic acids is 1. The molecule has 1 amide bonds. The van der Waals surface area contributed by atoms with E-state index in [2.05, 4.69) is 5.32 Å². The lowest BCUT2D eigenvalue weighted by molar-refractivity contribution is 0.0422. The van der Waals surface area contributed by atoms with E-state index in [4.69, 9.17) is 4.74 Å². The number of ether oxygens (including phenoxy) is 1. The van der Waals surface area contributed by atoms with Crippen LogP contribution in [0.4, 0.5) is 4.79 Å². The van der Waals surface area contributed by atoms with Crippen molar-refractivity contribution in [1.29, 1.82) is 0 Å². The Kier molecular flexibility index (Phi) is 5.45. The summed E-state index contributed by atoms with van der Waals surface area (Å²) in [5.41, 5.74) is -0.499. The Hall–Kier alpha value is -0.770. The molecular weight excluding hydrogens is 230 g/mol. The van der Waals surface area contributed by atoms with E-state index in [9.17, 15) is 9.90 Å². The van der Waals surface area contributed by atoms with Gasteiger partial charge in [-0.05, 0) is 46.5 Å².